The Morgan fingerprint density at radius 1 is 1.48 bits per heavy atom. The van der Waals surface area contributed by atoms with Crippen LogP contribution in [0, 0.1) is 18.3 Å². The predicted molar refractivity (Wildman–Crippen MR) is 76.0 cm³/mol. The van der Waals surface area contributed by atoms with Crippen molar-refractivity contribution in [2.24, 2.45) is 7.05 Å². The molecule has 0 saturated heterocycles. The fourth-order valence-corrected chi connectivity index (χ4v) is 3.02. The monoisotopic (exact) mass is 308 g/mol. The second-order valence-electron chi connectivity index (χ2n) is 4.57. The first kappa shape index (κ1) is 15.1. The number of rotatable bonds is 5. The Morgan fingerprint density at radius 3 is 2.81 bits per heavy atom. The van der Waals surface area contributed by atoms with E-state index in [1.807, 2.05) is 13.0 Å². The molecule has 0 spiro atoms. The summed E-state index contributed by atoms with van der Waals surface area (Å²) >= 11 is 0. The summed E-state index contributed by atoms with van der Waals surface area (Å²) in [6.07, 6.45) is 3.67. The van der Waals surface area contributed by atoms with E-state index in [4.69, 9.17) is 5.26 Å². The average Bonchev–Trinajstić information content (AvgIpc) is 2.96. The molecule has 8 nitrogen and oxygen atoms in total. The second-order valence-corrected chi connectivity index (χ2v) is 6.20. The van der Waals surface area contributed by atoms with Gasteiger partial charge in [-0.25, -0.2) is 4.98 Å². The van der Waals surface area contributed by atoms with Gasteiger partial charge in [0, 0.05) is 19.8 Å². The summed E-state index contributed by atoms with van der Waals surface area (Å²) in [5, 5.41) is 12.7. The molecule has 0 aliphatic heterocycles. The summed E-state index contributed by atoms with van der Waals surface area (Å²) in [4.78, 5) is 4.07. The van der Waals surface area contributed by atoms with Crippen molar-refractivity contribution in [3.8, 4) is 6.07 Å². The Kier molecular flexibility index (Phi) is 3.99. The van der Waals surface area contributed by atoms with Crippen molar-refractivity contribution >= 4 is 15.8 Å². The van der Waals surface area contributed by atoms with E-state index < -0.39 is 10.0 Å². The molecule has 0 radical (unpaired) electrons. The van der Waals surface area contributed by atoms with Gasteiger partial charge < -0.3 is 4.57 Å². The molecule has 9 heteroatoms. The first-order valence-electron chi connectivity index (χ1n) is 6.37. The molecule has 0 aromatic carbocycles. The summed E-state index contributed by atoms with van der Waals surface area (Å²) in [5.41, 5.74) is 0.158. The van der Waals surface area contributed by atoms with Crippen LogP contribution in [0.2, 0.25) is 0 Å². The zero-order valence-electron chi connectivity index (χ0n) is 12.0. The Morgan fingerprint density at radius 2 is 2.19 bits per heavy atom. The van der Waals surface area contributed by atoms with Crippen LogP contribution < -0.4 is 4.72 Å². The zero-order chi connectivity index (χ0) is 15.6. The standard InChI is InChI=1S/C12H16N6O2S/c1-4-5-18-8-11(15-9(18)2)21(19,20)16-12-10(6-13)7-14-17(12)3/h7-8,16H,4-5H2,1-3H3. The summed E-state index contributed by atoms with van der Waals surface area (Å²) in [5.74, 6) is 0.753. The van der Waals surface area contributed by atoms with Crippen molar-refractivity contribution in [1.82, 2.24) is 19.3 Å². The van der Waals surface area contributed by atoms with Crippen LogP contribution in [0.1, 0.15) is 24.7 Å². The molecule has 0 aliphatic carbocycles. The van der Waals surface area contributed by atoms with Crippen LogP contribution in [0.5, 0.6) is 0 Å². The Bertz CT molecular complexity index is 796. The number of anilines is 1. The number of imidazole rings is 1. The van der Waals surface area contributed by atoms with Crippen LogP contribution in [-0.2, 0) is 23.6 Å². The molecule has 0 bridgehead atoms. The second kappa shape index (κ2) is 5.57. The van der Waals surface area contributed by atoms with Gasteiger partial charge in [0.2, 0.25) is 0 Å². The molecule has 0 fully saturated rings. The smallest absolute Gasteiger partial charge is 0.282 e. The third kappa shape index (κ3) is 2.90. The van der Waals surface area contributed by atoms with Gasteiger partial charge >= 0.3 is 0 Å². The molecule has 0 amide bonds. The summed E-state index contributed by atoms with van der Waals surface area (Å²) in [6, 6.07) is 1.89. The lowest BCUT2D eigenvalue weighted by Crippen LogP contribution is -2.16. The molecule has 0 aliphatic rings. The van der Waals surface area contributed by atoms with E-state index in [2.05, 4.69) is 14.8 Å². The van der Waals surface area contributed by atoms with Crippen molar-refractivity contribution in [2.45, 2.75) is 31.8 Å². The molecule has 0 saturated carbocycles. The zero-order valence-corrected chi connectivity index (χ0v) is 12.8. The van der Waals surface area contributed by atoms with Gasteiger partial charge in [0.25, 0.3) is 10.0 Å². The number of nitrogens with one attached hydrogen (secondary N) is 1. The third-order valence-corrected chi connectivity index (χ3v) is 4.19. The maximum absolute atomic E-state index is 12.4. The number of aryl methyl sites for hydroxylation is 3. The average molecular weight is 308 g/mol. The van der Waals surface area contributed by atoms with Gasteiger partial charge in [-0.15, -0.1) is 0 Å². The predicted octanol–water partition coefficient (Wildman–Crippen LogP) is 1.01. The van der Waals surface area contributed by atoms with Crippen molar-refractivity contribution < 1.29 is 8.42 Å². The van der Waals surface area contributed by atoms with Gasteiger partial charge in [0.15, 0.2) is 10.8 Å². The van der Waals surface area contributed by atoms with E-state index in [9.17, 15) is 8.42 Å². The molecular formula is C12H16N6O2S. The van der Waals surface area contributed by atoms with Gasteiger partial charge in [-0.3, -0.25) is 9.40 Å². The highest BCUT2D eigenvalue weighted by molar-refractivity contribution is 7.92. The normalized spacial score (nSPS) is 11.3. The van der Waals surface area contributed by atoms with Crippen molar-refractivity contribution in [3.63, 3.8) is 0 Å². The summed E-state index contributed by atoms with van der Waals surface area (Å²) in [6.45, 7) is 4.45. The maximum atomic E-state index is 12.4. The summed E-state index contributed by atoms with van der Waals surface area (Å²) in [7, 11) is -2.30. The molecule has 0 unspecified atom stereocenters. The summed E-state index contributed by atoms with van der Waals surface area (Å²) < 4.78 is 30.1. The molecule has 2 heterocycles. The Hall–Kier alpha value is -2.34. The van der Waals surface area contributed by atoms with Gasteiger partial charge in [-0.05, 0) is 13.3 Å². The van der Waals surface area contributed by atoms with E-state index in [1.54, 1.807) is 18.5 Å². The van der Waals surface area contributed by atoms with E-state index in [0.29, 0.717) is 12.4 Å². The van der Waals surface area contributed by atoms with Gasteiger partial charge in [-0.2, -0.15) is 18.8 Å². The molecule has 1 N–H and O–H groups in total. The van der Waals surface area contributed by atoms with Gasteiger partial charge in [-0.1, -0.05) is 6.92 Å². The first-order chi connectivity index (χ1) is 9.89. The molecule has 112 valence electrons. The number of hydrogen-bond acceptors (Lipinski definition) is 5. The first-order valence-corrected chi connectivity index (χ1v) is 7.86. The lowest BCUT2D eigenvalue weighted by atomic mass is 10.4. The SMILES string of the molecule is CCCn1cc(S(=O)(=O)Nc2c(C#N)cnn2C)nc1C. The van der Waals surface area contributed by atoms with Crippen LogP contribution in [0.4, 0.5) is 5.82 Å². The highest BCUT2D eigenvalue weighted by Crippen LogP contribution is 2.18. The minimum atomic E-state index is -3.85. The van der Waals surface area contributed by atoms with E-state index in [-0.39, 0.29) is 16.4 Å². The Balaban J connectivity index is 2.37. The Labute approximate surface area is 123 Å². The molecule has 2 aromatic rings. The molecule has 2 rings (SSSR count). The van der Waals surface area contributed by atoms with Crippen LogP contribution in [0.3, 0.4) is 0 Å². The lowest BCUT2D eigenvalue weighted by Gasteiger charge is -2.06. The molecule has 2 aromatic heterocycles. The minimum absolute atomic E-state index is 0.0708. The third-order valence-electron chi connectivity index (χ3n) is 2.98. The van der Waals surface area contributed by atoms with E-state index in [1.165, 1.54) is 17.1 Å². The minimum Gasteiger partial charge on any atom is -0.334 e. The molecular weight excluding hydrogens is 292 g/mol. The number of aromatic nitrogens is 4. The van der Waals surface area contributed by atoms with Crippen molar-refractivity contribution in [1.29, 1.82) is 5.26 Å². The number of nitriles is 1. The van der Waals surface area contributed by atoms with E-state index in [0.717, 1.165) is 6.42 Å². The highest BCUT2D eigenvalue weighted by Gasteiger charge is 2.22. The number of nitrogens with zero attached hydrogens (tertiary/aromatic N) is 5. The topological polar surface area (TPSA) is 106 Å². The van der Waals surface area contributed by atoms with Crippen LogP contribution in [0.25, 0.3) is 0 Å². The fraction of sp³-hybridized carbons (Fsp3) is 0.417. The van der Waals surface area contributed by atoms with Crippen molar-refractivity contribution in [2.75, 3.05) is 4.72 Å². The molecule has 0 atom stereocenters. The molecule has 21 heavy (non-hydrogen) atoms. The highest BCUT2D eigenvalue weighted by atomic mass is 32.2. The van der Waals surface area contributed by atoms with Crippen LogP contribution in [0.15, 0.2) is 17.4 Å². The lowest BCUT2D eigenvalue weighted by molar-refractivity contribution is 0.596. The van der Waals surface area contributed by atoms with E-state index >= 15 is 0 Å². The number of sulfonamides is 1. The fourth-order valence-electron chi connectivity index (χ4n) is 1.90. The maximum Gasteiger partial charge on any atom is 0.282 e. The quantitative estimate of drug-likeness (QED) is 0.887. The van der Waals surface area contributed by atoms with Gasteiger partial charge in [0.1, 0.15) is 17.5 Å². The number of hydrogen-bond donors (Lipinski definition) is 1. The van der Waals surface area contributed by atoms with Crippen molar-refractivity contribution in [3.05, 3.63) is 23.8 Å². The van der Waals surface area contributed by atoms with Gasteiger partial charge in [0.05, 0.1) is 6.20 Å². The van der Waals surface area contributed by atoms with Crippen LogP contribution in [-0.4, -0.2) is 27.7 Å². The van der Waals surface area contributed by atoms with Crippen LogP contribution >= 0.6 is 0 Å². The largest absolute Gasteiger partial charge is 0.334 e.